The lowest BCUT2D eigenvalue weighted by atomic mass is 9.74. The van der Waals surface area contributed by atoms with E-state index < -0.39 is 0 Å². The number of aryl methyl sites for hydroxylation is 1. The molecule has 1 heterocycles. The molecule has 2 aliphatic rings. The van der Waals surface area contributed by atoms with E-state index in [0.29, 0.717) is 12.1 Å². The van der Waals surface area contributed by atoms with E-state index >= 15 is 0 Å². The molecule has 1 aromatic carbocycles. The van der Waals surface area contributed by atoms with E-state index in [1.807, 2.05) is 12.1 Å². The number of oxime groups is 1. The minimum atomic E-state index is -0.102. The molecule has 2 atom stereocenters. The number of ether oxygens (including phenoxy) is 1. The summed E-state index contributed by atoms with van der Waals surface area (Å²) in [5.74, 6) is 0.951. The molecule has 0 radical (unpaired) electrons. The average molecular weight is 229 g/mol. The smallest absolute Gasteiger partial charge is 0.124 e. The van der Waals surface area contributed by atoms with Crippen LogP contribution in [0.4, 0.5) is 0 Å². The van der Waals surface area contributed by atoms with Crippen LogP contribution in [0.1, 0.15) is 24.5 Å². The first-order valence-electron chi connectivity index (χ1n) is 5.81. The van der Waals surface area contributed by atoms with Gasteiger partial charge in [0.15, 0.2) is 0 Å². The zero-order valence-corrected chi connectivity index (χ0v) is 9.97. The summed E-state index contributed by atoms with van der Waals surface area (Å²) in [5.41, 5.74) is 3.05. The van der Waals surface area contributed by atoms with Crippen molar-refractivity contribution in [1.29, 1.82) is 0 Å². The third-order valence-electron chi connectivity index (χ3n) is 3.80. The number of nitrogens with zero attached hydrogens (tertiary/aromatic N) is 1. The van der Waals surface area contributed by atoms with E-state index in [1.165, 1.54) is 11.1 Å². The zero-order valence-electron chi connectivity index (χ0n) is 9.97. The van der Waals surface area contributed by atoms with Crippen molar-refractivity contribution >= 4 is 5.71 Å². The number of fused-ring (bicyclic) bond motifs is 3. The van der Waals surface area contributed by atoms with Crippen molar-refractivity contribution in [2.24, 2.45) is 5.16 Å². The highest BCUT2D eigenvalue weighted by molar-refractivity contribution is 5.96. The Hall–Kier alpha value is -1.77. The largest absolute Gasteiger partial charge is 0.488 e. The Morgan fingerprint density at radius 3 is 3.06 bits per heavy atom. The Balaban J connectivity index is 2.12. The molecule has 3 nitrogen and oxygen atoms in total. The Morgan fingerprint density at radius 1 is 1.47 bits per heavy atom. The van der Waals surface area contributed by atoms with Gasteiger partial charge in [0.2, 0.25) is 0 Å². The Bertz CT molecular complexity index is 533. The first-order chi connectivity index (χ1) is 8.13. The summed E-state index contributed by atoms with van der Waals surface area (Å²) in [7, 11) is 0. The van der Waals surface area contributed by atoms with E-state index in [0.717, 1.165) is 5.75 Å². The maximum absolute atomic E-state index is 8.84. The summed E-state index contributed by atoms with van der Waals surface area (Å²) in [6.07, 6.45) is 4.66. The number of allylic oxidation sites excluding steroid dienone is 1. The third kappa shape index (κ3) is 1.38. The van der Waals surface area contributed by atoms with Crippen LogP contribution in [-0.2, 0) is 5.41 Å². The summed E-state index contributed by atoms with van der Waals surface area (Å²) in [4.78, 5) is 0. The molecular weight excluding hydrogens is 214 g/mol. The first kappa shape index (κ1) is 10.4. The van der Waals surface area contributed by atoms with Crippen LogP contribution < -0.4 is 4.74 Å². The molecule has 0 fully saturated rings. The third-order valence-corrected chi connectivity index (χ3v) is 3.80. The number of hydrogen-bond acceptors (Lipinski definition) is 3. The molecule has 0 amide bonds. The van der Waals surface area contributed by atoms with Gasteiger partial charge in [0, 0.05) is 12.0 Å². The fourth-order valence-electron chi connectivity index (χ4n) is 2.67. The quantitative estimate of drug-likeness (QED) is 0.549. The summed E-state index contributed by atoms with van der Waals surface area (Å²) in [5, 5.41) is 12.1. The molecule has 0 spiro atoms. The van der Waals surface area contributed by atoms with Gasteiger partial charge in [0.05, 0.1) is 11.1 Å². The second-order valence-corrected chi connectivity index (χ2v) is 5.02. The van der Waals surface area contributed by atoms with Crippen molar-refractivity contribution in [2.75, 3.05) is 0 Å². The fraction of sp³-hybridized carbons (Fsp3) is 0.357. The molecule has 1 aliphatic carbocycles. The van der Waals surface area contributed by atoms with Crippen LogP contribution in [0.5, 0.6) is 5.75 Å². The fourth-order valence-corrected chi connectivity index (χ4v) is 2.67. The molecule has 0 unspecified atom stereocenters. The predicted molar refractivity (Wildman–Crippen MR) is 65.9 cm³/mol. The second kappa shape index (κ2) is 3.36. The highest BCUT2D eigenvalue weighted by Gasteiger charge is 2.45. The minimum Gasteiger partial charge on any atom is -0.488 e. The standard InChI is InChI=1S/C14H15NO2/c1-9-3-4-12-11(7-9)14(2)6-5-10(15-16)8-13(14)17-12/h3-7,13,16H,8H2,1-2H3/b15-10-/t13-,14-/m1/s1. The predicted octanol–water partition coefficient (Wildman–Crippen LogP) is 2.80. The Morgan fingerprint density at radius 2 is 2.29 bits per heavy atom. The van der Waals surface area contributed by atoms with Gasteiger partial charge in [0.1, 0.15) is 11.9 Å². The van der Waals surface area contributed by atoms with Gasteiger partial charge < -0.3 is 9.94 Å². The second-order valence-electron chi connectivity index (χ2n) is 5.02. The van der Waals surface area contributed by atoms with Gasteiger partial charge in [-0.15, -0.1) is 0 Å². The maximum Gasteiger partial charge on any atom is 0.124 e. The SMILES string of the molecule is Cc1ccc2c(c1)[C@@]1(C)C=C/C(=N/O)C[C@H]1O2. The Labute approximate surface area is 100 Å². The van der Waals surface area contributed by atoms with Crippen LogP contribution in [0.15, 0.2) is 35.5 Å². The van der Waals surface area contributed by atoms with Gasteiger partial charge in [-0.05, 0) is 26.0 Å². The van der Waals surface area contributed by atoms with Crippen molar-refractivity contribution in [1.82, 2.24) is 0 Å². The van der Waals surface area contributed by atoms with Gasteiger partial charge >= 0.3 is 0 Å². The van der Waals surface area contributed by atoms with Gasteiger partial charge in [-0.1, -0.05) is 28.9 Å². The van der Waals surface area contributed by atoms with Gasteiger partial charge in [-0.2, -0.15) is 0 Å². The lowest BCUT2D eigenvalue weighted by molar-refractivity contribution is 0.183. The molecule has 17 heavy (non-hydrogen) atoms. The number of benzene rings is 1. The van der Waals surface area contributed by atoms with Crippen LogP contribution in [0.25, 0.3) is 0 Å². The van der Waals surface area contributed by atoms with Crippen molar-refractivity contribution < 1.29 is 9.94 Å². The topological polar surface area (TPSA) is 41.8 Å². The van der Waals surface area contributed by atoms with E-state index in [9.17, 15) is 0 Å². The van der Waals surface area contributed by atoms with Gasteiger partial charge in [0.25, 0.3) is 0 Å². The summed E-state index contributed by atoms with van der Waals surface area (Å²) in [6, 6.07) is 6.27. The normalized spacial score (nSPS) is 32.1. The molecular formula is C14H15NO2. The average Bonchev–Trinajstić information content (AvgIpc) is 2.61. The van der Waals surface area contributed by atoms with E-state index in [2.05, 4.69) is 37.2 Å². The summed E-state index contributed by atoms with van der Waals surface area (Å²) >= 11 is 0. The number of rotatable bonds is 0. The molecule has 1 N–H and O–H groups in total. The minimum absolute atomic E-state index is 0.0372. The van der Waals surface area contributed by atoms with Crippen LogP contribution in [-0.4, -0.2) is 17.0 Å². The first-order valence-corrected chi connectivity index (χ1v) is 5.81. The molecule has 0 saturated carbocycles. The van der Waals surface area contributed by atoms with Crippen molar-refractivity contribution in [3.05, 3.63) is 41.5 Å². The molecule has 88 valence electrons. The molecule has 0 bridgehead atoms. The van der Waals surface area contributed by atoms with Crippen LogP contribution in [0, 0.1) is 6.92 Å². The molecule has 0 saturated heterocycles. The van der Waals surface area contributed by atoms with E-state index in [-0.39, 0.29) is 11.5 Å². The monoisotopic (exact) mass is 229 g/mol. The van der Waals surface area contributed by atoms with E-state index in [4.69, 9.17) is 9.94 Å². The Kier molecular flexibility index (Phi) is 2.05. The van der Waals surface area contributed by atoms with Gasteiger partial charge in [-0.25, -0.2) is 0 Å². The molecule has 1 aliphatic heterocycles. The van der Waals surface area contributed by atoms with Crippen molar-refractivity contribution in [2.45, 2.75) is 31.8 Å². The molecule has 0 aromatic heterocycles. The summed E-state index contributed by atoms with van der Waals surface area (Å²) < 4.78 is 5.96. The molecule has 3 rings (SSSR count). The highest BCUT2D eigenvalue weighted by Crippen LogP contribution is 2.47. The molecule has 3 heteroatoms. The molecule has 1 aromatic rings. The van der Waals surface area contributed by atoms with E-state index in [1.54, 1.807) is 0 Å². The van der Waals surface area contributed by atoms with Crippen molar-refractivity contribution in [3.8, 4) is 5.75 Å². The van der Waals surface area contributed by atoms with Crippen LogP contribution >= 0.6 is 0 Å². The lowest BCUT2D eigenvalue weighted by Gasteiger charge is -2.30. The highest BCUT2D eigenvalue weighted by atomic mass is 16.5. The number of hydrogen-bond donors (Lipinski definition) is 1. The zero-order chi connectivity index (χ0) is 12.0. The van der Waals surface area contributed by atoms with Crippen molar-refractivity contribution in [3.63, 3.8) is 0 Å². The lowest BCUT2D eigenvalue weighted by Crippen LogP contribution is -2.38. The van der Waals surface area contributed by atoms with Crippen LogP contribution in [0.3, 0.4) is 0 Å². The van der Waals surface area contributed by atoms with Crippen LogP contribution in [0.2, 0.25) is 0 Å². The van der Waals surface area contributed by atoms with Gasteiger partial charge in [-0.3, -0.25) is 0 Å². The maximum atomic E-state index is 8.84. The summed E-state index contributed by atoms with van der Waals surface area (Å²) in [6.45, 7) is 4.26.